The van der Waals surface area contributed by atoms with Gasteiger partial charge in [-0.05, 0) is 12.2 Å². The minimum Gasteiger partial charge on any atom is -0.325 e. The van der Waals surface area contributed by atoms with Crippen LogP contribution in [0.3, 0.4) is 0 Å². The van der Waals surface area contributed by atoms with Gasteiger partial charge in [0.1, 0.15) is 5.50 Å². The van der Waals surface area contributed by atoms with E-state index < -0.39 is 0 Å². The van der Waals surface area contributed by atoms with Crippen LogP contribution in [-0.2, 0) is 0 Å². The molecule has 0 spiro atoms. The van der Waals surface area contributed by atoms with Gasteiger partial charge in [-0.3, -0.25) is 5.43 Å². The highest BCUT2D eigenvalue weighted by atomic mass is 32.2. The van der Waals surface area contributed by atoms with E-state index in [1.165, 1.54) is 0 Å². The molecule has 2 N–H and O–H groups in total. The van der Waals surface area contributed by atoms with Crippen LogP contribution >= 0.6 is 24.0 Å². The topological polar surface area (TPSA) is 27.3 Å². The molecule has 1 saturated heterocycles. The third-order valence-corrected chi connectivity index (χ3v) is 3.00. The normalized spacial score (nSPS) is 24.5. The van der Waals surface area contributed by atoms with Crippen molar-refractivity contribution in [1.82, 2.24) is 15.8 Å². The van der Waals surface area contributed by atoms with Crippen LogP contribution in [0.15, 0.2) is 0 Å². The van der Waals surface area contributed by atoms with E-state index in [4.69, 9.17) is 12.2 Å². The second-order valence-corrected chi connectivity index (χ2v) is 4.77. The highest BCUT2D eigenvalue weighted by molar-refractivity contribution is 8.00. The second kappa shape index (κ2) is 3.60. The molecule has 0 saturated carbocycles. The molecule has 1 aliphatic heterocycles. The smallest absolute Gasteiger partial charge is 0.185 e. The molecule has 0 bridgehead atoms. The van der Waals surface area contributed by atoms with E-state index in [0.29, 0.717) is 5.25 Å². The van der Waals surface area contributed by atoms with E-state index in [1.807, 2.05) is 23.7 Å². The molecule has 0 aromatic heterocycles. The maximum atomic E-state index is 5.01. The molecule has 1 fully saturated rings. The lowest BCUT2D eigenvalue weighted by molar-refractivity contribution is 0.474. The van der Waals surface area contributed by atoms with Crippen molar-refractivity contribution in [3.05, 3.63) is 0 Å². The van der Waals surface area contributed by atoms with Gasteiger partial charge in [-0.15, -0.1) is 11.8 Å². The molecule has 1 aliphatic rings. The summed E-state index contributed by atoms with van der Waals surface area (Å²) in [4.78, 5) is 2.01. The lowest BCUT2D eigenvalue weighted by Crippen LogP contribution is -2.32. The second-order valence-electron chi connectivity index (χ2n) is 2.72. The largest absolute Gasteiger partial charge is 0.325 e. The minimum absolute atomic E-state index is 0.280. The van der Waals surface area contributed by atoms with Crippen molar-refractivity contribution in [3.63, 3.8) is 0 Å². The predicted octanol–water partition coefficient (Wildman–Crippen LogP) is 0.736. The van der Waals surface area contributed by atoms with Crippen LogP contribution in [0.5, 0.6) is 0 Å². The monoisotopic (exact) mass is 191 g/mol. The molecule has 3 nitrogen and oxygen atoms in total. The Hall–Kier alpha value is -0.0000000000000000278. The Morgan fingerprint density at radius 1 is 1.64 bits per heavy atom. The number of rotatable bonds is 2. The molecule has 0 aliphatic carbocycles. The van der Waals surface area contributed by atoms with Crippen molar-refractivity contribution in [2.45, 2.75) is 24.6 Å². The number of hydrogen-bond donors (Lipinski definition) is 2. The number of thioether (sulfide) groups is 1. The summed E-state index contributed by atoms with van der Waals surface area (Å²) in [5.74, 6) is 0. The maximum Gasteiger partial charge on any atom is 0.185 e. The van der Waals surface area contributed by atoms with Gasteiger partial charge in [0.2, 0.25) is 0 Å². The number of nitrogens with one attached hydrogen (secondary N) is 2. The molecule has 64 valence electrons. The molecule has 0 aromatic carbocycles. The van der Waals surface area contributed by atoms with Crippen LogP contribution in [0, 0.1) is 0 Å². The fourth-order valence-electron chi connectivity index (χ4n) is 0.798. The summed E-state index contributed by atoms with van der Waals surface area (Å²) in [7, 11) is 1.98. The number of thiocarbonyl (C=S) groups is 1. The Kier molecular flexibility index (Phi) is 2.98. The first-order valence-electron chi connectivity index (χ1n) is 3.55. The quantitative estimate of drug-likeness (QED) is 0.628. The van der Waals surface area contributed by atoms with Crippen molar-refractivity contribution in [2.75, 3.05) is 7.05 Å². The Balaban J connectivity index is 2.42. The summed E-state index contributed by atoms with van der Waals surface area (Å²) in [6.07, 6.45) is 0. The first-order valence-corrected chi connectivity index (χ1v) is 4.90. The van der Waals surface area contributed by atoms with Gasteiger partial charge in [0.05, 0.1) is 0 Å². The van der Waals surface area contributed by atoms with Crippen LogP contribution in [0.2, 0.25) is 0 Å². The van der Waals surface area contributed by atoms with Crippen molar-refractivity contribution < 1.29 is 0 Å². The van der Waals surface area contributed by atoms with E-state index in [-0.39, 0.29) is 5.50 Å². The first-order chi connectivity index (χ1) is 5.11. The molecule has 0 radical (unpaired) electrons. The highest BCUT2D eigenvalue weighted by Crippen LogP contribution is 2.19. The van der Waals surface area contributed by atoms with Gasteiger partial charge in [-0.1, -0.05) is 13.8 Å². The molecule has 5 heteroatoms. The standard InChI is InChI=1S/C6H13N3S2/c1-4(2)11-6-8-7-5(10)9(6)3/h4,6,8H,1-3H3,(H,7,10). The SMILES string of the molecule is CC(C)SC1NNC(=S)N1C. The molecular weight excluding hydrogens is 178 g/mol. The van der Waals surface area contributed by atoms with Gasteiger partial charge in [-0.2, -0.15) is 0 Å². The fourth-order valence-corrected chi connectivity index (χ4v) is 1.96. The van der Waals surface area contributed by atoms with Gasteiger partial charge in [-0.25, -0.2) is 5.43 Å². The third-order valence-electron chi connectivity index (χ3n) is 1.38. The summed E-state index contributed by atoms with van der Waals surface area (Å²) in [6, 6.07) is 0. The zero-order chi connectivity index (χ0) is 8.43. The van der Waals surface area contributed by atoms with Crippen molar-refractivity contribution in [2.24, 2.45) is 0 Å². The van der Waals surface area contributed by atoms with Crippen LogP contribution < -0.4 is 10.9 Å². The van der Waals surface area contributed by atoms with E-state index in [9.17, 15) is 0 Å². The van der Waals surface area contributed by atoms with Crippen molar-refractivity contribution >= 4 is 29.1 Å². The lowest BCUT2D eigenvalue weighted by Gasteiger charge is -2.19. The van der Waals surface area contributed by atoms with Crippen molar-refractivity contribution in [3.8, 4) is 0 Å². The van der Waals surface area contributed by atoms with Crippen LogP contribution in [-0.4, -0.2) is 27.8 Å². The van der Waals surface area contributed by atoms with Crippen LogP contribution in [0.25, 0.3) is 0 Å². The molecule has 11 heavy (non-hydrogen) atoms. The number of hydrogen-bond acceptors (Lipinski definition) is 3. The maximum absolute atomic E-state index is 5.01. The van der Waals surface area contributed by atoms with E-state index in [1.54, 1.807) is 0 Å². The molecule has 1 atom stereocenters. The lowest BCUT2D eigenvalue weighted by atomic mass is 10.6. The molecule has 1 rings (SSSR count). The molecular formula is C6H13N3S2. The summed E-state index contributed by atoms with van der Waals surface area (Å²) in [6.45, 7) is 4.34. The molecule has 1 unspecified atom stereocenters. The average Bonchev–Trinajstić information content (AvgIpc) is 2.18. The van der Waals surface area contributed by atoms with Gasteiger partial charge >= 0.3 is 0 Å². The predicted molar refractivity (Wildman–Crippen MR) is 53.1 cm³/mol. The molecule has 0 aromatic rings. The summed E-state index contributed by atoms with van der Waals surface area (Å²) >= 11 is 6.85. The van der Waals surface area contributed by atoms with Gasteiger partial charge in [0.25, 0.3) is 0 Å². The van der Waals surface area contributed by atoms with E-state index >= 15 is 0 Å². The number of nitrogens with zero attached hydrogens (tertiary/aromatic N) is 1. The Morgan fingerprint density at radius 2 is 2.27 bits per heavy atom. The van der Waals surface area contributed by atoms with Gasteiger partial charge in [0, 0.05) is 12.3 Å². The molecule has 1 heterocycles. The highest BCUT2D eigenvalue weighted by Gasteiger charge is 2.24. The fraction of sp³-hybridized carbons (Fsp3) is 0.833. The summed E-state index contributed by atoms with van der Waals surface area (Å²) in [5, 5.41) is 1.38. The average molecular weight is 191 g/mol. The summed E-state index contributed by atoms with van der Waals surface area (Å²) < 4.78 is 0. The van der Waals surface area contributed by atoms with Crippen LogP contribution in [0.4, 0.5) is 0 Å². The zero-order valence-electron chi connectivity index (χ0n) is 6.92. The minimum atomic E-state index is 0.280. The van der Waals surface area contributed by atoms with E-state index in [0.717, 1.165) is 5.11 Å². The van der Waals surface area contributed by atoms with Crippen LogP contribution in [0.1, 0.15) is 13.8 Å². The summed E-state index contributed by atoms with van der Waals surface area (Å²) in [5.41, 5.74) is 6.28. The van der Waals surface area contributed by atoms with E-state index in [2.05, 4.69) is 24.7 Å². The Labute approximate surface area is 76.9 Å². The van der Waals surface area contributed by atoms with Gasteiger partial charge in [0.15, 0.2) is 5.11 Å². The first kappa shape index (κ1) is 9.09. The van der Waals surface area contributed by atoms with Crippen molar-refractivity contribution in [1.29, 1.82) is 0 Å². The Morgan fingerprint density at radius 3 is 2.64 bits per heavy atom. The molecule has 0 amide bonds. The zero-order valence-corrected chi connectivity index (χ0v) is 8.55. The Bertz CT molecular complexity index is 160. The number of hydrazine groups is 1. The third kappa shape index (κ3) is 2.21. The van der Waals surface area contributed by atoms with Gasteiger partial charge < -0.3 is 4.90 Å².